The summed E-state index contributed by atoms with van der Waals surface area (Å²) in [6.07, 6.45) is 14.9. The van der Waals surface area contributed by atoms with E-state index in [4.69, 9.17) is 0 Å². The van der Waals surface area contributed by atoms with E-state index in [2.05, 4.69) is 205 Å². The quantitative estimate of drug-likeness (QED) is 0.135. The second-order valence-corrected chi connectivity index (χ2v) is 32.1. The summed E-state index contributed by atoms with van der Waals surface area (Å²) in [6, 6.07) is 38.9. The van der Waals surface area contributed by atoms with E-state index in [-0.39, 0.29) is 0 Å². The number of rotatable bonds is 0. The highest BCUT2D eigenvalue weighted by Crippen LogP contribution is 2.21. The first-order valence-electron chi connectivity index (χ1n) is 36.8. The van der Waals surface area contributed by atoms with Gasteiger partial charge in [-0.3, -0.25) is 39.2 Å². The topological polar surface area (TPSA) is 74.0 Å². The molecule has 92 heavy (non-hydrogen) atoms. The Kier molecular flexibility index (Phi) is 37.1. The van der Waals surface area contributed by atoms with Crippen LogP contribution in [-0.2, 0) is 52.4 Å². The maximum absolute atomic E-state index is 3.84. The Balaban J connectivity index is 0.798. The molecular formula is C76H124N12S4. The fourth-order valence-corrected chi connectivity index (χ4v) is 17.4. The van der Waals surface area contributed by atoms with Gasteiger partial charge < -0.3 is 21.3 Å². The van der Waals surface area contributed by atoms with E-state index in [1.807, 2.05) is 0 Å². The monoisotopic (exact) mass is 1330 g/mol. The van der Waals surface area contributed by atoms with E-state index in [0.717, 1.165) is 157 Å². The summed E-state index contributed by atoms with van der Waals surface area (Å²) in [5, 5.41) is 15.4. The second kappa shape index (κ2) is 46.1. The molecule has 16 bridgehead atoms. The van der Waals surface area contributed by atoms with Crippen molar-refractivity contribution in [3.05, 3.63) is 142 Å². The van der Waals surface area contributed by atoms with Crippen LogP contribution < -0.4 is 21.3 Å². The molecule has 4 aromatic rings. The molecule has 4 saturated heterocycles. The third-order valence-corrected chi connectivity index (χ3v) is 23.8. The molecule has 0 radical (unpaired) electrons. The van der Waals surface area contributed by atoms with Crippen molar-refractivity contribution in [2.24, 2.45) is 0 Å². The molecule has 0 spiro atoms. The van der Waals surface area contributed by atoms with Crippen LogP contribution in [0.15, 0.2) is 97.1 Å². The molecule has 4 N–H and O–H groups in total. The minimum absolute atomic E-state index is 1.03. The SMILES string of the molecule is c1cc2ccc1CN1CCCSCCCN(CCCSCCC1)Cc1ccc(cc1)CN1CCCNCCN(CCCNCC1)Cc1ccc(cc1)CN1CCCSCCCN(CCCSCCC1)Cc1ccc(cc1)CN1CCCNCCN(CCCNCC1)C2. The van der Waals surface area contributed by atoms with Gasteiger partial charge in [-0.2, -0.15) is 47.0 Å². The molecule has 0 amide bonds. The van der Waals surface area contributed by atoms with Crippen LogP contribution in [0, 0.1) is 0 Å². The summed E-state index contributed by atoms with van der Waals surface area (Å²) in [7, 11) is 0. The van der Waals surface area contributed by atoms with E-state index in [1.165, 1.54) is 220 Å². The highest BCUT2D eigenvalue weighted by molar-refractivity contribution is 7.99. The van der Waals surface area contributed by atoms with E-state index in [1.54, 1.807) is 0 Å². The van der Waals surface area contributed by atoms with Crippen molar-refractivity contribution in [3.63, 3.8) is 0 Å². The van der Waals surface area contributed by atoms with Gasteiger partial charge in [0.1, 0.15) is 0 Å². The predicted molar refractivity (Wildman–Crippen MR) is 404 cm³/mol. The number of nitrogens with one attached hydrogen (secondary N) is 4. The van der Waals surface area contributed by atoms with Crippen LogP contribution in [0.4, 0.5) is 0 Å². The lowest BCUT2D eigenvalue weighted by molar-refractivity contribution is 0.241. The molecule has 4 fully saturated rings. The summed E-state index contributed by atoms with van der Waals surface area (Å²) in [4.78, 5) is 21.8. The van der Waals surface area contributed by atoms with E-state index in [9.17, 15) is 0 Å². The van der Waals surface area contributed by atoms with Crippen molar-refractivity contribution in [1.29, 1.82) is 0 Å². The zero-order valence-electron chi connectivity index (χ0n) is 57.2. The van der Waals surface area contributed by atoms with Crippen LogP contribution in [0.25, 0.3) is 0 Å². The molecule has 4 aromatic carbocycles. The summed E-state index contributed by atoms with van der Waals surface area (Å²) < 4.78 is 0. The lowest BCUT2D eigenvalue weighted by Crippen LogP contribution is -2.38. The summed E-state index contributed by atoms with van der Waals surface area (Å²) in [6.45, 7) is 35.3. The van der Waals surface area contributed by atoms with E-state index >= 15 is 0 Å². The Labute approximate surface area is 577 Å². The smallest absolute Gasteiger partial charge is 0.0234 e. The highest BCUT2D eigenvalue weighted by atomic mass is 32.2. The van der Waals surface area contributed by atoms with Crippen molar-refractivity contribution in [2.75, 3.05) is 203 Å². The Bertz CT molecular complexity index is 2070. The summed E-state index contributed by atoms with van der Waals surface area (Å²) >= 11 is 8.72. The molecule has 4 unspecified atom stereocenters. The van der Waals surface area contributed by atoms with Gasteiger partial charge in [0, 0.05) is 105 Å². The zero-order valence-corrected chi connectivity index (χ0v) is 60.5. The summed E-state index contributed by atoms with van der Waals surface area (Å²) in [5.74, 6) is 10.1. The lowest BCUT2D eigenvalue weighted by atomic mass is 10.1. The van der Waals surface area contributed by atoms with Gasteiger partial charge >= 0.3 is 0 Å². The molecule has 26 aliphatic rings. The lowest BCUT2D eigenvalue weighted by Gasteiger charge is -2.26. The van der Waals surface area contributed by atoms with E-state index < -0.39 is 0 Å². The van der Waals surface area contributed by atoms with Gasteiger partial charge in [-0.1, -0.05) is 97.1 Å². The molecule has 4 atom stereocenters. The Hall–Kier alpha value is -2.20. The van der Waals surface area contributed by atoms with Gasteiger partial charge in [-0.05, 0) is 272 Å². The molecule has 16 heteroatoms. The van der Waals surface area contributed by atoms with Crippen molar-refractivity contribution in [1.82, 2.24) is 60.5 Å². The van der Waals surface area contributed by atoms with Gasteiger partial charge in [-0.25, -0.2) is 0 Å². The van der Waals surface area contributed by atoms with Gasteiger partial charge in [0.2, 0.25) is 0 Å². The van der Waals surface area contributed by atoms with Crippen molar-refractivity contribution < 1.29 is 0 Å². The van der Waals surface area contributed by atoms with Crippen LogP contribution in [0.3, 0.4) is 0 Å². The molecule has 0 aliphatic carbocycles. The maximum atomic E-state index is 3.84. The number of hydrogen-bond donors (Lipinski definition) is 4. The van der Waals surface area contributed by atoms with E-state index in [0.29, 0.717) is 0 Å². The number of hydrogen-bond acceptors (Lipinski definition) is 16. The molecule has 26 aliphatic heterocycles. The first kappa shape index (κ1) is 74.0. The van der Waals surface area contributed by atoms with Crippen molar-refractivity contribution >= 4 is 47.0 Å². The van der Waals surface area contributed by atoms with Crippen LogP contribution in [-0.4, -0.2) is 242 Å². The minimum atomic E-state index is 1.03. The molecule has 0 saturated carbocycles. The average molecular weight is 1330 g/mol. The van der Waals surface area contributed by atoms with Gasteiger partial charge in [0.05, 0.1) is 0 Å². The normalized spacial score (nSPS) is 28.0. The third-order valence-electron chi connectivity index (χ3n) is 19.2. The van der Waals surface area contributed by atoms with Crippen LogP contribution >= 0.6 is 47.0 Å². The first-order valence-corrected chi connectivity index (χ1v) is 41.5. The largest absolute Gasteiger partial charge is 0.315 e. The maximum Gasteiger partial charge on any atom is 0.0234 e. The predicted octanol–water partition coefficient (Wildman–Crippen LogP) is 11.2. The van der Waals surface area contributed by atoms with Gasteiger partial charge in [-0.15, -0.1) is 0 Å². The van der Waals surface area contributed by atoms with Crippen LogP contribution in [0.1, 0.15) is 122 Å². The second-order valence-electron chi connectivity index (χ2n) is 27.2. The van der Waals surface area contributed by atoms with Crippen LogP contribution in [0.5, 0.6) is 0 Å². The molecule has 30 rings (SSSR count). The Morgan fingerprint density at radius 3 is 0.478 bits per heavy atom. The molecule has 26 heterocycles. The Morgan fingerprint density at radius 1 is 0.174 bits per heavy atom. The van der Waals surface area contributed by atoms with Gasteiger partial charge in [0.25, 0.3) is 0 Å². The molecular weight excluding hydrogens is 1210 g/mol. The van der Waals surface area contributed by atoms with Crippen molar-refractivity contribution in [3.8, 4) is 0 Å². The number of benzene rings is 4. The number of thioether (sulfide) groups is 4. The minimum Gasteiger partial charge on any atom is -0.315 e. The molecule has 12 nitrogen and oxygen atoms in total. The average Bonchev–Trinajstić information content (AvgIpc) is 2.45. The molecule has 0 aromatic heterocycles. The van der Waals surface area contributed by atoms with Crippen molar-refractivity contribution in [2.45, 2.75) is 129 Å². The van der Waals surface area contributed by atoms with Gasteiger partial charge in [0.15, 0.2) is 0 Å². The molecule has 512 valence electrons. The highest BCUT2D eigenvalue weighted by Gasteiger charge is 2.17. The zero-order chi connectivity index (χ0) is 63.0. The first-order chi connectivity index (χ1) is 45.6. The van der Waals surface area contributed by atoms with Crippen LogP contribution in [0.2, 0.25) is 0 Å². The fraction of sp³-hybridized carbons (Fsp3) is 0.684. The summed E-state index contributed by atoms with van der Waals surface area (Å²) in [5.41, 5.74) is 11.6. The Morgan fingerprint density at radius 2 is 0.315 bits per heavy atom. The standard InChI is InChI=1S/C76H124N12S4/c1-29-77-33-50-86-38-2-30-78-34-49-85(37-1)65-73-21-13-69(14-22-73)61-81-41-5-53-89-55-9-45-83(46-10-56-90-54-6-42-81)63-71-17-25-75(26-18-71)67-87-39-3-31-80-36-52-88(40-4-32-79-35-51-87)68-76-27-19-72(20-28-76)64-84-47-11-59-91-57-7-43-82(44-8-58-92-60-12-48-84)62-70-15-23-74(66-86)24-16-70/h13-28,77-80H,1-12,29-68H2. The third kappa shape index (κ3) is 31.1. The number of nitrogens with zero attached hydrogens (tertiary/aromatic N) is 8. The fourth-order valence-electron chi connectivity index (χ4n) is 13.9.